The lowest BCUT2D eigenvalue weighted by atomic mass is 10.2. The summed E-state index contributed by atoms with van der Waals surface area (Å²) in [6, 6.07) is 0.602. The van der Waals surface area contributed by atoms with Crippen LogP contribution in [0.2, 0.25) is 0 Å². The van der Waals surface area contributed by atoms with Gasteiger partial charge in [0.25, 0.3) is 0 Å². The van der Waals surface area contributed by atoms with Gasteiger partial charge in [-0.05, 0) is 32.1 Å². The molecule has 2 rings (SSSR count). The van der Waals surface area contributed by atoms with Gasteiger partial charge in [0.15, 0.2) is 5.96 Å². The van der Waals surface area contributed by atoms with Crippen LogP contribution in [-0.4, -0.2) is 51.0 Å². The number of nitrogens with one attached hydrogen (secondary N) is 2. The third kappa shape index (κ3) is 6.58. The molecule has 0 bridgehead atoms. The van der Waals surface area contributed by atoms with Crippen molar-refractivity contribution in [2.24, 2.45) is 10.9 Å². The molecule has 0 aromatic rings. The highest BCUT2D eigenvalue weighted by atomic mass is 127. The van der Waals surface area contributed by atoms with Crippen molar-refractivity contribution in [1.82, 2.24) is 10.6 Å². The number of nitrogens with zero attached hydrogens (tertiary/aromatic N) is 1. The second-order valence-electron chi connectivity index (χ2n) is 5.43. The van der Waals surface area contributed by atoms with Gasteiger partial charge < -0.3 is 20.1 Å². The predicted octanol–water partition coefficient (Wildman–Crippen LogP) is 1.76. The fourth-order valence-corrected chi connectivity index (χ4v) is 2.23. The van der Waals surface area contributed by atoms with Crippen molar-refractivity contribution >= 4 is 29.9 Å². The van der Waals surface area contributed by atoms with E-state index in [-0.39, 0.29) is 24.0 Å². The molecule has 1 saturated carbocycles. The van der Waals surface area contributed by atoms with Gasteiger partial charge in [-0.15, -0.1) is 24.0 Å². The Morgan fingerprint density at radius 3 is 2.85 bits per heavy atom. The minimum atomic E-state index is 0. The van der Waals surface area contributed by atoms with Gasteiger partial charge in [0, 0.05) is 19.2 Å². The first kappa shape index (κ1) is 18.0. The Balaban J connectivity index is 0.00000200. The minimum absolute atomic E-state index is 0. The summed E-state index contributed by atoms with van der Waals surface area (Å²) < 4.78 is 11.1. The Hall–Kier alpha value is -0.0800. The van der Waals surface area contributed by atoms with Crippen LogP contribution in [0.5, 0.6) is 0 Å². The summed E-state index contributed by atoms with van der Waals surface area (Å²) in [6.07, 6.45) is 3.86. The number of hydrogen-bond acceptors (Lipinski definition) is 3. The molecule has 0 aromatic heterocycles. The molecule has 1 heterocycles. The van der Waals surface area contributed by atoms with Crippen molar-refractivity contribution in [3.05, 3.63) is 0 Å². The molecular formula is C14H28IN3O2. The van der Waals surface area contributed by atoms with Gasteiger partial charge in [-0.1, -0.05) is 6.92 Å². The van der Waals surface area contributed by atoms with Gasteiger partial charge >= 0.3 is 0 Å². The highest BCUT2D eigenvalue weighted by molar-refractivity contribution is 14.0. The quantitative estimate of drug-likeness (QED) is 0.298. The third-order valence-corrected chi connectivity index (χ3v) is 3.61. The zero-order chi connectivity index (χ0) is 13.5. The molecule has 0 amide bonds. The first-order valence-electron chi connectivity index (χ1n) is 7.53. The summed E-state index contributed by atoms with van der Waals surface area (Å²) >= 11 is 0. The average molecular weight is 397 g/mol. The van der Waals surface area contributed by atoms with Crippen LogP contribution in [0.1, 0.15) is 33.1 Å². The van der Waals surface area contributed by atoms with E-state index in [1.165, 1.54) is 12.8 Å². The number of hydrogen-bond donors (Lipinski definition) is 2. The van der Waals surface area contributed by atoms with Crippen LogP contribution < -0.4 is 10.6 Å². The van der Waals surface area contributed by atoms with Crippen molar-refractivity contribution in [3.8, 4) is 0 Å². The molecule has 3 atom stereocenters. The Morgan fingerprint density at radius 2 is 2.25 bits per heavy atom. The molecule has 2 N–H and O–H groups in total. The van der Waals surface area contributed by atoms with Gasteiger partial charge in [0.05, 0.1) is 25.9 Å². The Bertz CT molecular complexity index is 296. The Morgan fingerprint density at radius 1 is 1.45 bits per heavy atom. The molecule has 5 nitrogen and oxygen atoms in total. The molecule has 118 valence electrons. The van der Waals surface area contributed by atoms with Gasteiger partial charge in [-0.3, -0.25) is 4.99 Å². The normalized spacial score (nSPS) is 28.9. The van der Waals surface area contributed by atoms with Crippen LogP contribution in [0.3, 0.4) is 0 Å². The third-order valence-electron chi connectivity index (χ3n) is 3.61. The monoisotopic (exact) mass is 397 g/mol. The molecule has 6 heteroatoms. The number of rotatable bonds is 7. The van der Waals surface area contributed by atoms with E-state index in [1.54, 1.807) is 0 Å². The smallest absolute Gasteiger partial charge is 0.191 e. The summed E-state index contributed by atoms with van der Waals surface area (Å²) in [4.78, 5) is 4.52. The molecule has 1 saturated heterocycles. The van der Waals surface area contributed by atoms with E-state index in [0.717, 1.165) is 31.4 Å². The van der Waals surface area contributed by atoms with Crippen molar-refractivity contribution < 1.29 is 9.47 Å². The molecule has 0 spiro atoms. The largest absolute Gasteiger partial charge is 0.377 e. The summed E-state index contributed by atoms with van der Waals surface area (Å²) in [6.45, 7) is 8.19. The second-order valence-corrected chi connectivity index (χ2v) is 5.43. The molecule has 20 heavy (non-hydrogen) atoms. The summed E-state index contributed by atoms with van der Waals surface area (Å²) in [5, 5.41) is 6.70. The van der Waals surface area contributed by atoms with Crippen molar-refractivity contribution in [1.29, 1.82) is 0 Å². The molecule has 3 unspecified atom stereocenters. The number of guanidine groups is 1. The van der Waals surface area contributed by atoms with E-state index < -0.39 is 0 Å². The molecule has 1 aliphatic carbocycles. The van der Waals surface area contributed by atoms with Crippen LogP contribution in [0.4, 0.5) is 0 Å². The fraction of sp³-hybridized carbons (Fsp3) is 0.929. The van der Waals surface area contributed by atoms with E-state index in [0.29, 0.717) is 31.9 Å². The van der Waals surface area contributed by atoms with E-state index >= 15 is 0 Å². The van der Waals surface area contributed by atoms with Crippen LogP contribution in [0.25, 0.3) is 0 Å². The van der Waals surface area contributed by atoms with Gasteiger partial charge in [-0.25, -0.2) is 0 Å². The zero-order valence-corrected chi connectivity index (χ0v) is 14.9. The maximum Gasteiger partial charge on any atom is 0.191 e. The van der Waals surface area contributed by atoms with Crippen molar-refractivity contribution in [2.75, 3.05) is 32.9 Å². The lowest BCUT2D eigenvalue weighted by Crippen LogP contribution is -2.39. The molecular weight excluding hydrogens is 369 g/mol. The number of halogens is 1. The minimum Gasteiger partial charge on any atom is -0.377 e. The highest BCUT2D eigenvalue weighted by Crippen LogP contribution is 2.28. The summed E-state index contributed by atoms with van der Waals surface area (Å²) in [7, 11) is 0. The molecule has 1 aliphatic heterocycles. The molecule has 2 aliphatic rings. The van der Waals surface area contributed by atoms with Gasteiger partial charge in [0.1, 0.15) is 0 Å². The van der Waals surface area contributed by atoms with E-state index in [2.05, 4.69) is 29.5 Å². The van der Waals surface area contributed by atoms with Crippen molar-refractivity contribution in [2.45, 2.75) is 45.3 Å². The highest BCUT2D eigenvalue weighted by Gasteiger charge is 2.33. The van der Waals surface area contributed by atoms with Crippen LogP contribution in [-0.2, 0) is 9.47 Å². The number of aliphatic imine (C=N–C) groups is 1. The zero-order valence-electron chi connectivity index (χ0n) is 12.6. The topological polar surface area (TPSA) is 54.9 Å². The maximum atomic E-state index is 5.60. The van der Waals surface area contributed by atoms with Crippen molar-refractivity contribution in [3.63, 3.8) is 0 Å². The van der Waals surface area contributed by atoms with Crippen LogP contribution >= 0.6 is 24.0 Å². The Labute approximate surface area is 139 Å². The van der Waals surface area contributed by atoms with E-state index in [4.69, 9.17) is 9.47 Å². The Kier molecular flexibility index (Phi) is 8.79. The first-order chi connectivity index (χ1) is 9.29. The average Bonchev–Trinajstić information content (AvgIpc) is 2.90. The van der Waals surface area contributed by atoms with Gasteiger partial charge in [-0.2, -0.15) is 0 Å². The molecule has 0 aromatic carbocycles. The SMILES string of the molecule is CCNC(=NCCOCC1CCCO1)NC1CC1C.I. The predicted molar refractivity (Wildman–Crippen MR) is 91.9 cm³/mol. The summed E-state index contributed by atoms with van der Waals surface area (Å²) in [5.74, 6) is 1.69. The van der Waals surface area contributed by atoms with Crippen LogP contribution in [0.15, 0.2) is 4.99 Å². The second kappa shape index (κ2) is 9.78. The molecule has 2 fully saturated rings. The lowest BCUT2D eigenvalue weighted by Gasteiger charge is -2.11. The number of ether oxygens (including phenoxy) is 2. The first-order valence-corrected chi connectivity index (χ1v) is 7.53. The molecule has 0 radical (unpaired) electrons. The fourth-order valence-electron chi connectivity index (χ4n) is 2.23. The van der Waals surface area contributed by atoms with E-state index in [9.17, 15) is 0 Å². The van der Waals surface area contributed by atoms with Gasteiger partial charge in [0.2, 0.25) is 0 Å². The van der Waals surface area contributed by atoms with E-state index in [1.807, 2.05) is 0 Å². The maximum absolute atomic E-state index is 5.60. The standard InChI is InChI=1S/C14H27N3O2.HI/c1-3-15-14(17-13-9-11(13)2)16-6-8-18-10-12-5-4-7-19-12;/h11-13H,3-10H2,1-2H3,(H2,15,16,17);1H. The van der Waals surface area contributed by atoms with Crippen LogP contribution in [0, 0.1) is 5.92 Å². The summed E-state index contributed by atoms with van der Waals surface area (Å²) in [5.41, 5.74) is 0. The lowest BCUT2D eigenvalue weighted by molar-refractivity contribution is 0.0200.